The molecule has 0 atom stereocenters. The zero-order valence-corrected chi connectivity index (χ0v) is 15.1. The van der Waals surface area contributed by atoms with Crippen molar-refractivity contribution in [3.8, 4) is 5.75 Å². The van der Waals surface area contributed by atoms with E-state index in [1.807, 2.05) is 35.2 Å². The molecule has 2 aliphatic heterocycles. The zero-order valence-electron chi connectivity index (χ0n) is 13.5. The summed E-state index contributed by atoms with van der Waals surface area (Å²) in [6.07, 6.45) is 3.92. The molecule has 4 rings (SSSR count). The first-order valence-electron chi connectivity index (χ1n) is 8.47. The molecule has 2 heterocycles. The summed E-state index contributed by atoms with van der Waals surface area (Å²) < 4.78 is 7.31. The molecule has 3 nitrogen and oxygen atoms in total. The summed E-state index contributed by atoms with van der Waals surface area (Å²) in [6, 6.07) is 15.9. The number of aryl methyl sites for hydroxylation is 1. The minimum absolute atomic E-state index is 0.0948. The number of nitrogens with zero attached hydrogens (tertiary/aromatic N) is 1. The van der Waals surface area contributed by atoms with Crippen LogP contribution in [-0.4, -0.2) is 29.5 Å². The Kier molecular flexibility index (Phi) is 4.09. The molecular weight excluding hydrogens is 366 g/mol. The van der Waals surface area contributed by atoms with Gasteiger partial charge in [-0.1, -0.05) is 40.2 Å². The summed E-state index contributed by atoms with van der Waals surface area (Å²) in [4.78, 5) is 14.6. The number of carbonyl (C=O) groups excluding carboxylic acids is 1. The lowest BCUT2D eigenvalue weighted by Gasteiger charge is -2.44. The maximum absolute atomic E-state index is 12.7. The zero-order chi connectivity index (χ0) is 16.6. The second-order valence-corrected chi connectivity index (χ2v) is 7.61. The summed E-state index contributed by atoms with van der Waals surface area (Å²) in [5, 5.41) is 0. The number of halogens is 1. The van der Waals surface area contributed by atoms with Gasteiger partial charge < -0.3 is 9.64 Å². The van der Waals surface area contributed by atoms with Crippen molar-refractivity contribution >= 4 is 21.8 Å². The molecule has 2 aliphatic rings. The van der Waals surface area contributed by atoms with Crippen LogP contribution in [0, 0.1) is 0 Å². The van der Waals surface area contributed by atoms with Gasteiger partial charge in [0.1, 0.15) is 11.4 Å². The summed E-state index contributed by atoms with van der Waals surface area (Å²) in [7, 11) is 0. The number of amides is 1. The van der Waals surface area contributed by atoms with Crippen molar-refractivity contribution in [3.05, 3.63) is 64.1 Å². The predicted octanol–water partition coefficient (Wildman–Crippen LogP) is 4.45. The molecule has 0 aliphatic carbocycles. The summed E-state index contributed by atoms with van der Waals surface area (Å²) in [5.41, 5.74) is 1.95. The van der Waals surface area contributed by atoms with E-state index >= 15 is 0 Å². The molecule has 24 heavy (non-hydrogen) atoms. The van der Waals surface area contributed by atoms with Crippen LogP contribution in [0.2, 0.25) is 0 Å². The molecule has 1 amide bonds. The standard InChI is InChI=1S/C20H20BrNO2/c21-17-6-3-5-16(14-17)19(23)22-12-10-20(11-13-22)9-8-15-4-1-2-7-18(15)24-20/h1-7,14H,8-13H2. The molecule has 1 fully saturated rings. The van der Waals surface area contributed by atoms with Crippen molar-refractivity contribution in [3.63, 3.8) is 0 Å². The SMILES string of the molecule is O=C(c1cccc(Br)c1)N1CCC2(CCc3ccccc3O2)CC1. The summed E-state index contributed by atoms with van der Waals surface area (Å²) >= 11 is 3.44. The first-order valence-corrected chi connectivity index (χ1v) is 9.26. The molecule has 0 unspecified atom stereocenters. The first kappa shape index (κ1) is 15.7. The molecule has 2 aromatic rings. The number of para-hydroxylation sites is 1. The molecule has 0 radical (unpaired) electrons. The molecule has 0 saturated carbocycles. The van der Waals surface area contributed by atoms with Crippen molar-refractivity contribution in [2.24, 2.45) is 0 Å². The molecule has 2 aromatic carbocycles. The van der Waals surface area contributed by atoms with E-state index in [1.165, 1.54) is 5.56 Å². The average molecular weight is 386 g/mol. The van der Waals surface area contributed by atoms with Crippen LogP contribution in [0.5, 0.6) is 5.75 Å². The van der Waals surface area contributed by atoms with E-state index in [0.717, 1.165) is 54.6 Å². The van der Waals surface area contributed by atoms with Gasteiger partial charge in [-0.05, 0) is 42.7 Å². The number of carbonyl (C=O) groups is 1. The van der Waals surface area contributed by atoms with Crippen molar-refractivity contribution in [1.29, 1.82) is 0 Å². The largest absolute Gasteiger partial charge is 0.487 e. The van der Waals surface area contributed by atoms with Crippen LogP contribution in [-0.2, 0) is 6.42 Å². The van der Waals surface area contributed by atoms with Crippen LogP contribution in [0.15, 0.2) is 53.0 Å². The van der Waals surface area contributed by atoms with Gasteiger partial charge in [-0.15, -0.1) is 0 Å². The number of hydrogen-bond acceptors (Lipinski definition) is 2. The highest BCUT2D eigenvalue weighted by molar-refractivity contribution is 9.10. The van der Waals surface area contributed by atoms with Crippen LogP contribution in [0.1, 0.15) is 35.2 Å². The number of rotatable bonds is 1. The van der Waals surface area contributed by atoms with E-state index in [-0.39, 0.29) is 11.5 Å². The Hall–Kier alpha value is -1.81. The second-order valence-electron chi connectivity index (χ2n) is 6.70. The fourth-order valence-electron chi connectivity index (χ4n) is 3.73. The lowest BCUT2D eigenvalue weighted by molar-refractivity contribution is -0.0106. The predicted molar refractivity (Wildman–Crippen MR) is 97.4 cm³/mol. The van der Waals surface area contributed by atoms with Crippen LogP contribution in [0.4, 0.5) is 0 Å². The fourth-order valence-corrected chi connectivity index (χ4v) is 4.13. The molecule has 0 aromatic heterocycles. The highest BCUT2D eigenvalue weighted by Crippen LogP contribution is 2.39. The molecule has 0 N–H and O–H groups in total. The smallest absolute Gasteiger partial charge is 0.253 e. The third kappa shape index (κ3) is 2.95. The third-order valence-electron chi connectivity index (χ3n) is 5.18. The van der Waals surface area contributed by atoms with Crippen molar-refractivity contribution < 1.29 is 9.53 Å². The van der Waals surface area contributed by atoms with Crippen LogP contribution in [0.3, 0.4) is 0 Å². The Morgan fingerprint density at radius 3 is 2.62 bits per heavy atom. The Morgan fingerprint density at radius 1 is 1.04 bits per heavy atom. The number of likely N-dealkylation sites (tertiary alicyclic amines) is 1. The first-order chi connectivity index (χ1) is 11.7. The van der Waals surface area contributed by atoms with E-state index in [1.54, 1.807) is 0 Å². The van der Waals surface area contributed by atoms with E-state index in [0.29, 0.717) is 0 Å². The van der Waals surface area contributed by atoms with Gasteiger partial charge in [0.2, 0.25) is 0 Å². The highest BCUT2D eigenvalue weighted by Gasteiger charge is 2.40. The van der Waals surface area contributed by atoms with Gasteiger partial charge in [-0.2, -0.15) is 0 Å². The molecule has 1 spiro atoms. The van der Waals surface area contributed by atoms with Crippen LogP contribution in [0.25, 0.3) is 0 Å². The molecule has 0 bridgehead atoms. The second kappa shape index (κ2) is 6.25. The van der Waals surface area contributed by atoms with Crippen molar-refractivity contribution in [2.75, 3.05) is 13.1 Å². The quantitative estimate of drug-likeness (QED) is 0.725. The normalized spacial score (nSPS) is 18.8. The summed E-state index contributed by atoms with van der Waals surface area (Å²) in [5.74, 6) is 1.14. The van der Waals surface area contributed by atoms with E-state index in [4.69, 9.17) is 4.74 Å². The average Bonchev–Trinajstić information content (AvgIpc) is 2.62. The molecule has 1 saturated heterocycles. The fraction of sp³-hybridized carbons (Fsp3) is 0.350. The monoisotopic (exact) mass is 385 g/mol. The van der Waals surface area contributed by atoms with Crippen molar-refractivity contribution in [1.82, 2.24) is 4.90 Å². The third-order valence-corrected chi connectivity index (χ3v) is 5.68. The topological polar surface area (TPSA) is 29.5 Å². The lowest BCUT2D eigenvalue weighted by Crippen LogP contribution is -2.51. The van der Waals surface area contributed by atoms with Gasteiger partial charge in [0, 0.05) is 36.0 Å². The van der Waals surface area contributed by atoms with Gasteiger partial charge in [0.15, 0.2) is 0 Å². The van der Waals surface area contributed by atoms with Gasteiger partial charge in [0.25, 0.3) is 5.91 Å². The maximum atomic E-state index is 12.7. The van der Waals surface area contributed by atoms with Gasteiger partial charge in [-0.25, -0.2) is 0 Å². The molecule has 124 valence electrons. The van der Waals surface area contributed by atoms with Gasteiger partial charge in [-0.3, -0.25) is 4.79 Å². The molecular formula is C20H20BrNO2. The Balaban J connectivity index is 1.45. The minimum atomic E-state index is -0.0948. The van der Waals surface area contributed by atoms with Gasteiger partial charge in [0.05, 0.1) is 0 Å². The Labute approximate surface area is 150 Å². The van der Waals surface area contributed by atoms with Crippen LogP contribution >= 0.6 is 15.9 Å². The van der Waals surface area contributed by atoms with Crippen molar-refractivity contribution in [2.45, 2.75) is 31.3 Å². The maximum Gasteiger partial charge on any atom is 0.253 e. The van der Waals surface area contributed by atoms with E-state index in [9.17, 15) is 4.79 Å². The summed E-state index contributed by atoms with van der Waals surface area (Å²) in [6.45, 7) is 1.51. The number of benzene rings is 2. The van der Waals surface area contributed by atoms with Crippen LogP contribution < -0.4 is 4.74 Å². The Bertz CT molecular complexity index is 766. The number of piperidine rings is 1. The lowest BCUT2D eigenvalue weighted by atomic mass is 9.83. The number of fused-ring (bicyclic) bond motifs is 1. The number of hydrogen-bond donors (Lipinski definition) is 0. The highest BCUT2D eigenvalue weighted by atomic mass is 79.9. The molecule has 4 heteroatoms. The Morgan fingerprint density at radius 2 is 1.83 bits per heavy atom. The minimum Gasteiger partial charge on any atom is -0.487 e. The van der Waals surface area contributed by atoms with E-state index in [2.05, 4.69) is 34.1 Å². The van der Waals surface area contributed by atoms with Gasteiger partial charge >= 0.3 is 0 Å². The van der Waals surface area contributed by atoms with E-state index < -0.39 is 0 Å². The number of ether oxygens (including phenoxy) is 1.